The molecule has 1 aromatic heterocycles. The van der Waals surface area contributed by atoms with Crippen LogP contribution in [0, 0.1) is 19.8 Å². The molecule has 2 heterocycles. The fourth-order valence-corrected chi connectivity index (χ4v) is 3.83. The lowest BCUT2D eigenvalue weighted by Crippen LogP contribution is -2.38. The van der Waals surface area contributed by atoms with Crippen LogP contribution in [0.3, 0.4) is 0 Å². The first kappa shape index (κ1) is 18.2. The summed E-state index contributed by atoms with van der Waals surface area (Å²) in [6.07, 6.45) is 4.87. The van der Waals surface area contributed by atoms with Gasteiger partial charge in [0.05, 0.1) is 18.3 Å². The predicted octanol–water partition coefficient (Wildman–Crippen LogP) is 3.58. The van der Waals surface area contributed by atoms with E-state index in [9.17, 15) is 4.79 Å². The Balaban J connectivity index is 1.43. The third kappa shape index (κ3) is 4.59. The summed E-state index contributed by atoms with van der Waals surface area (Å²) in [5.41, 5.74) is 4.11. The van der Waals surface area contributed by atoms with Gasteiger partial charge in [0.2, 0.25) is 0 Å². The van der Waals surface area contributed by atoms with Gasteiger partial charge < -0.3 is 9.64 Å². The summed E-state index contributed by atoms with van der Waals surface area (Å²) >= 11 is 0. The smallest absolute Gasteiger partial charge is 0.253 e. The molecule has 1 aliphatic heterocycles. The van der Waals surface area contributed by atoms with Crippen molar-refractivity contribution in [3.63, 3.8) is 0 Å². The number of hydrogen-bond acceptors (Lipinski definition) is 3. The van der Waals surface area contributed by atoms with E-state index in [0.29, 0.717) is 5.92 Å². The zero-order chi connectivity index (χ0) is 18.8. The molecule has 0 N–H and O–H groups in total. The number of carbonyl (C=O) groups excluding carboxylic acids is 1. The summed E-state index contributed by atoms with van der Waals surface area (Å²) in [6.45, 7) is 7.23. The Morgan fingerprint density at radius 1 is 1.19 bits per heavy atom. The van der Waals surface area contributed by atoms with Crippen molar-refractivity contribution >= 4 is 5.91 Å². The maximum atomic E-state index is 13.1. The topological polar surface area (TPSA) is 47.4 Å². The molecule has 27 heavy (non-hydrogen) atoms. The average Bonchev–Trinajstić information content (AvgIpc) is 3.21. The van der Waals surface area contributed by atoms with Crippen LogP contribution < -0.4 is 0 Å². The van der Waals surface area contributed by atoms with Crippen LogP contribution in [0.2, 0.25) is 0 Å². The number of rotatable bonds is 7. The van der Waals surface area contributed by atoms with Gasteiger partial charge in [0.15, 0.2) is 0 Å². The Kier molecular flexibility index (Phi) is 5.30. The summed E-state index contributed by atoms with van der Waals surface area (Å²) in [7, 11) is 0. The van der Waals surface area contributed by atoms with Crippen molar-refractivity contribution < 1.29 is 9.53 Å². The van der Waals surface area contributed by atoms with Crippen molar-refractivity contribution in [2.75, 3.05) is 19.7 Å². The largest absolute Gasteiger partial charge is 0.376 e. The molecule has 5 heteroatoms. The van der Waals surface area contributed by atoms with Crippen molar-refractivity contribution in [1.29, 1.82) is 0 Å². The van der Waals surface area contributed by atoms with Crippen molar-refractivity contribution in [1.82, 2.24) is 14.7 Å². The highest BCUT2D eigenvalue weighted by Gasteiger charge is 2.30. The van der Waals surface area contributed by atoms with E-state index >= 15 is 0 Å². The second kappa shape index (κ2) is 7.85. The van der Waals surface area contributed by atoms with E-state index in [1.165, 1.54) is 12.8 Å². The Bertz CT molecular complexity index is 786. The average molecular weight is 367 g/mol. The fraction of sp³-hybridized carbons (Fsp3) is 0.545. The third-order valence-corrected chi connectivity index (χ3v) is 5.55. The predicted molar refractivity (Wildman–Crippen MR) is 105 cm³/mol. The zero-order valence-corrected chi connectivity index (χ0v) is 16.4. The van der Waals surface area contributed by atoms with Crippen LogP contribution >= 0.6 is 0 Å². The molecule has 1 saturated heterocycles. The summed E-state index contributed by atoms with van der Waals surface area (Å²) in [5.74, 6) is 0.815. The molecule has 1 atom stereocenters. The highest BCUT2D eigenvalue weighted by Crippen LogP contribution is 2.30. The standard InChI is InChI=1S/C22H29N3O2/c1-16-12-17(2)25(23-16)14-19-7-9-20(10-8-19)22(26)24(13-18-5-6-18)15-21-4-3-11-27-21/h7-10,12,18,21H,3-6,11,13-15H2,1-2H3/t21-/m1/s1. The molecule has 0 spiro atoms. The number of aryl methyl sites for hydroxylation is 2. The highest BCUT2D eigenvalue weighted by atomic mass is 16.5. The van der Waals surface area contributed by atoms with Crippen molar-refractivity contribution in [2.24, 2.45) is 5.92 Å². The maximum absolute atomic E-state index is 13.1. The van der Waals surface area contributed by atoms with Crippen LogP contribution in [0.1, 0.15) is 53.0 Å². The number of hydrogen-bond donors (Lipinski definition) is 0. The molecule has 4 rings (SSSR count). The van der Waals surface area contributed by atoms with Gasteiger partial charge >= 0.3 is 0 Å². The quantitative estimate of drug-likeness (QED) is 0.751. The molecule has 0 radical (unpaired) electrons. The maximum Gasteiger partial charge on any atom is 0.253 e. The minimum absolute atomic E-state index is 0.134. The molecule has 0 unspecified atom stereocenters. The SMILES string of the molecule is Cc1cc(C)n(Cc2ccc(C(=O)N(CC3CC3)C[C@H]3CCCO3)cc2)n1. The second-order valence-corrected chi connectivity index (χ2v) is 8.07. The second-order valence-electron chi connectivity index (χ2n) is 8.07. The van der Waals surface area contributed by atoms with Crippen molar-refractivity contribution in [2.45, 2.75) is 52.2 Å². The van der Waals surface area contributed by atoms with Gasteiger partial charge in [-0.15, -0.1) is 0 Å². The Hall–Kier alpha value is -2.14. The van der Waals surface area contributed by atoms with E-state index in [-0.39, 0.29) is 12.0 Å². The first-order valence-electron chi connectivity index (χ1n) is 10.1. The van der Waals surface area contributed by atoms with Crippen LogP contribution in [0.5, 0.6) is 0 Å². The molecule has 144 valence electrons. The van der Waals surface area contributed by atoms with Gasteiger partial charge in [-0.2, -0.15) is 5.10 Å². The Morgan fingerprint density at radius 3 is 2.56 bits per heavy atom. The molecule has 0 bridgehead atoms. The molecule has 2 aromatic rings. The number of amides is 1. The van der Waals surface area contributed by atoms with E-state index in [0.717, 1.165) is 61.6 Å². The highest BCUT2D eigenvalue weighted by molar-refractivity contribution is 5.94. The van der Waals surface area contributed by atoms with Gasteiger partial charge in [-0.25, -0.2) is 0 Å². The van der Waals surface area contributed by atoms with E-state index in [1.54, 1.807) is 0 Å². The monoisotopic (exact) mass is 367 g/mol. The zero-order valence-electron chi connectivity index (χ0n) is 16.4. The summed E-state index contributed by atoms with van der Waals surface area (Å²) in [6, 6.07) is 10.1. The fourth-order valence-electron chi connectivity index (χ4n) is 3.83. The van der Waals surface area contributed by atoms with Gasteiger partial charge in [0, 0.05) is 31.0 Å². The third-order valence-electron chi connectivity index (χ3n) is 5.55. The van der Waals surface area contributed by atoms with Crippen molar-refractivity contribution in [3.8, 4) is 0 Å². The van der Waals surface area contributed by atoms with Crippen LogP contribution in [0.15, 0.2) is 30.3 Å². The van der Waals surface area contributed by atoms with E-state index in [1.807, 2.05) is 40.8 Å². The Labute approximate surface area is 161 Å². The van der Waals surface area contributed by atoms with E-state index < -0.39 is 0 Å². The number of nitrogens with zero attached hydrogens (tertiary/aromatic N) is 3. The van der Waals surface area contributed by atoms with E-state index in [2.05, 4.69) is 18.1 Å². The number of carbonyl (C=O) groups is 1. The van der Waals surface area contributed by atoms with Crippen LogP contribution in [-0.2, 0) is 11.3 Å². The van der Waals surface area contributed by atoms with E-state index in [4.69, 9.17) is 4.74 Å². The lowest BCUT2D eigenvalue weighted by Gasteiger charge is -2.25. The minimum Gasteiger partial charge on any atom is -0.376 e. The first-order valence-corrected chi connectivity index (χ1v) is 10.1. The number of ether oxygens (including phenoxy) is 1. The molecular weight excluding hydrogens is 338 g/mol. The summed E-state index contributed by atoms with van der Waals surface area (Å²) in [5, 5.41) is 4.52. The molecule has 1 aromatic carbocycles. The molecule has 1 amide bonds. The van der Waals surface area contributed by atoms with Gasteiger partial charge in [0.1, 0.15) is 0 Å². The molecule has 5 nitrogen and oxygen atoms in total. The lowest BCUT2D eigenvalue weighted by atomic mass is 10.1. The number of benzene rings is 1. The van der Waals surface area contributed by atoms with Gasteiger partial charge in [-0.1, -0.05) is 12.1 Å². The molecular formula is C22H29N3O2. The first-order chi connectivity index (χ1) is 13.1. The Morgan fingerprint density at radius 2 is 1.96 bits per heavy atom. The normalized spacial score (nSPS) is 19.4. The van der Waals surface area contributed by atoms with Crippen LogP contribution in [0.25, 0.3) is 0 Å². The lowest BCUT2D eigenvalue weighted by molar-refractivity contribution is 0.0515. The van der Waals surface area contributed by atoms with Crippen LogP contribution in [0.4, 0.5) is 0 Å². The van der Waals surface area contributed by atoms with Crippen LogP contribution in [-0.4, -0.2) is 46.4 Å². The van der Waals surface area contributed by atoms with Gasteiger partial charge in [-0.05, 0) is 69.2 Å². The molecule has 1 saturated carbocycles. The molecule has 2 fully saturated rings. The molecule has 1 aliphatic carbocycles. The minimum atomic E-state index is 0.134. The number of aromatic nitrogens is 2. The van der Waals surface area contributed by atoms with Gasteiger partial charge in [-0.3, -0.25) is 9.48 Å². The molecule has 2 aliphatic rings. The summed E-state index contributed by atoms with van der Waals surface area (Å²) < 4.78 is 7.77. The summed E-state index contributed by atoms with van der Waals surface area (Å²) in [4.78, 5) is 15.1. The van der Waals surface area contributed by atoms with Gasteiger partial charge in [0.25, 0.3) is 5.91 Å². The van der Waals surface area contributed by atoms with Crippen molar-refractivity contribution in [3.05, 3.63) is 52.8 Å².